The standard InChI is InChI=1S/C7H8N2OS/c1-11-9(6-10)7-4-2-3-5-8-7/h2-6H,1H3. The Morgan fingerprint density at radius 3 is 2.91 bits per heavy atom. The van der Waals surface area contributed by atoms with Gasteiger partial charge in [0.25, 0.3) is 0 Å². The van der Waals surface area contributed by atoms with E-state index in [9.17, 15) is 4.79 Å². The molecule has 1 aromatic heterocycles. The van der Waals surface area contributed by atoms with Crippen LogP contribution in [-0.4, -0.2) is 17.6 Å². The van der Waals surface area contributed by atoms with Gasteiger partial charge >= 0.3 is 0 Å². The molecule has 58 valence electrons. The molecule has 0 aliphatic rings. The second-order valence-corrected chi connectivity index (χ2v) is 2.56. The van der Waals surface area contributed by atoms with Crippen molar-refractivity contribution in [2.45, 2.75) is 0 Å². The quantitative estimate of drug-likeness (QED) is 0.504. The molecule has 0 spiro atoms. The van der Waals surface area contributed by atoms with Crippen molar-refractivity contribution >= 4 is 24.2 Å². The van der Waals surface area contributed by atoms with Crippen LogP contribution < -0.4 is 4.31 Å². The zero-order valence-corrected chi connectivity index (χ0v) is 6.91. The number of pyridine rings is 1. The summed E-state index contributed by atoms with van der Waals surface area (Å²) in [6, 6.07) is 5.44. The molecule has 0 aliphatic heterocycles. The van der Waals surface area contributed by atoms with Crippen LogP contribution in [0.3, 0.4) is 0 Å². The number of amides is 1. The third-order valence-corrected chi connectivity index (χ3v) is 1.83. The Kier molecular flexibility index (Phi) is 2.92. The van der Waals surface area contributed by atoms with Gasteiger partial charge in [0.15, 0.2) is 0 Å². The molecule has 1 amide bonds. The van der Waals surface area contributed by atoms with Gasteiger partial charge in [0.1, 0.15) is 5.82 Å². The Labute approximate surface area is 69.6 Å². The molecule has 0 saturated heterocycles. The molecule has 0 saturated carbocycles. The molecule has 0 bridgehead atoms. The fraction of sp³-hybridized carbons (Fsp3) is 0.143. The largest absolute Gasteiger partial charge is 0.277 e. The van der Waals surface area contributed by atoms with Gasteiger partial charge in [-0.1, -0.05) is 6.07 Å². The number of carbonyl (C=O) groups excluding carboxylic acids is 1. The lowest BCUT2D eigenvalue weighted by Crippen LogP contribution is -2.11. The fourth-order valence-electron chi connectivity index (χ4n) is 0.675. The first-order valence-corrected chi connectivity index (χ1v) is 4.26. The maximum atomic E-state index is 10.4. The highest BCUT2D eigenvalue weighted by atomic mass is 32.2. The smallest absolute Gasteiger partial charge is 0.225 e. The molecule has 0 atom stereocenters. The molecule has 11 heavy (non-hydrogen) atoms. The molecule has 0 aliphatic carbocycles. The van der Waals surface area contributed by atoms with Gasteiger partial charge < -0.3 is 0 Å². The van der Waals surface area contributed by atoms with Crippen LogP contribution in [0.25, 0.3) is 0 Å². The van der Waals surface area contributed by atoms with E-state index in [2.05, 4.69) is 4.98 Å². The number of rotatable bonds is 3. The first-order valence-electron chi connectivity index (χ1n) is 3.08. The molecule has 0 N–H and O–H groups in total. The van der Waals surface area contributed by atoms with Crippen molar-refractivity contribution < 1.29 is 4.79 Å². The number of carbonyl (C=O) groups is 1. The minimum Gasteiger partial charge on any atom is -0.277 e. The molecule has 0 unspecified atom stereocenters. The summed E-state index contributed by atoms with van der Waals surface area (Å²) in [5.41, 5.74) is 0. The van der Waals surface area contributed by atoms with Crippen LogP contribution in [0.4, 0.5) is 5.82 Å². The summed E-state index contributed by atoms with van der Waals surface area (Å²) in [7, 11) is 0. The summed E-state index contributed by atoms with van der Waals surface area (Å²) in [6.45, 7) is 0. The maximum absolute atomic E-state index is 10.4. The normalized spacial score (nSPS) is 9.18. The summed E-state index contributed by atoms with van der Waals surface area (Å²) in [6.07, 6.45) is 4.22. The zero-order chi connectivity index (χ0) is 8.10. The van der Waals surface area contributed by atoms with Gasteiger partial charge in [0.05, 0.1) is 0 Å². The van der Waals surface area contributed by atoms with Crippen LogP contribution in [0.1, 0.15) is 0 Å². The summed E-state index contributed by atoms with van der Waals surface area (Å²) < 4.78 is 1.46. The topological polar surface area (TPSA) is 33.2 Å². The Morgan fingerprint density at radius 1 is 1.64 bits per heavy atom. The highest BCUT2D eigenvalue weighted by Crippen LogP contribution is 2.13. The van der Waals surface area contributed by atoms with Gasteiger partial charge in [0.2, 0.25) is 6.41 Å². The number of hydrogen-bond acceptors (Lipinski definition) is 3. The number of hydrogen-bond donors (Lipinski definition) is 0. The fourth-order valence-corrected chi connectivity index (χ4v) is 1.06. The molecule has 0 aromatic carbocycles. The first kappa shape index (κ1) is 8.07. The lowest BCUT2D eigenvalue weighted by molar-refractivity contribution is -0.106. The molecule has 3 nitrogen and oxygen atoms in total. The Bertz CT molecular complexity index is 227. The van der Waals surface area contributed by atoms with Crippen molar-refractivity contribution in [1.82, 2.24) is 4.98 Å². The molecular formula is C7H8N2OS. The van der Waals surface area contributed by atoms with Crippen molar-refractivity contribution in [3.8, 4) is 0 Å². The van der Waals surface area contributed by atoms with E-state index >= 15 is 0 Å². The second kappa shape index (κ2) is 3.98. The summed E-state index contributed by atoms with van der Waals surface area (Å²) in [5.74, 6) is 0.662. The van der Waals surface area contributed by atoms with E-state index in [4.69, 9.17) is 0 Å². The average molecular weight is 168 g/mol. The van der Waals surface area contributed by atoms with Gasteiger partial charge in [-0.2, -0.15) is 0 Å². The van der Waals surface area contributed by atoms with Gasteiger partial charge in [-0.25, -0.2) is 9.29 Å². The van der Waals surface area contributed by atoms with E-state index in [0.29, 0.717) is 5.82 Å². The van der Waals surface area contributed by atoms with E-state index in [-0.39, 0.29) is 0 Å². The molecule has 0 radical (unpaired) electrons. The average Bonchev–Trinajstić information content (AvgIpc) is 2.09. The molecule has 1 aromatic rings. The molecule has 0 fully saturated rings. The number of nitrogens with zero attached hydrogens (tertiary/aromatic N) is 2. The van der Waals surface area contributed by atoms with Crippen molar-refractivity contribution in [3.05, 3.63) is 24.4 Å². The number of aromatic nitrogens is 1. The molecular weight excluding hydrogens is 160 g/mol. The van der Waals surface area contributed by atoms with Gasteiger partial charge in [-0.05, 0) is 24.1 Å². The zero-order valence-electron chi connectivity index (χ0n) is 6.10. The van der Waals surface area contributed by atoms with Crippen LogP contribution in [0.2, 0.25) is 0 Å². The molecule has 1 rings (SSSR count). The van der Waals surface area contributed by atoms with E-state index in [1.807, 2.05) is 18.4 Å². The van der Waals surface area contributed by atoms with Crippen LogP contribution in [0, 0.1) is 0 Å². The van der Waals surface area contributed by atoms with E-state index in [1.165, 1.54) is 16.3 Å². The van der Waals surface area contributed by atoms with Crippen LogP contribution >= 0.6 is 11.9 Å². The number of anilines is 1. The Balaban J connectivity index is 2.82. The predicted molar refractivity (Wildman–Crippen MR) is 46.3 cm³/mol. The lowest BCUT2D eigenvalue weighted by atomic mass is 10.5. The maximum Gasteiger partial charge on any atom is 0.225 e. The second-order valence-electron chi connectivity index (χ2n) is 1.80. The monoisotopic (exact) mass is 168 g/mol. The lowest BCUT2D eigenvalue weighted by Gasteiger charge is -2.10. The van der Waals surface area contributed by atoms with Crippen LogP contribution in [-0.2, 0) is 4.79 Å². The SMILES string of the molecule is CSN(C=O)c1ccccn1. The van der Waals surface area contributed by atoms with E-state index in [0.717, 1.165) is 6.41 Å². The van der Waals surface area contributed by atoms with Crippen LogP contribution in [0.15, 0.2) is 24.4 Å². The third-order valence-electron chi connectivity index (χ3n) is 1.17. The Morgan fingerprint density at radius 2 is 2.45 bits per heavy atom. The molecule has 1 heterocycles. The highest BCUT2D eigenvalue weighted by molar-refractivity contribution is 8.00. The third kappa shape index (κ3) is 1.94. The minimum atomic E-state index is 0.662. The van der Waals surface area contributed by atoms with Gasteiger partial charge in [0, 0.05) is 12.5 Å². The van der Waals surface area contributed by atoms with Crippen LogP contribution in [0.5, 0.6) is 0 Å². The van der Waals surface area contributed by atoms with Crippen molar-refractivity contribution in [2.24, 2.45) is 0 Å². The van der Waals surface area contributed by atoms with Gasteiger partial charge in [-0.3, -0.25) is 4.79 Å². The highest BCUT2D eigenvalue weighted by Gasteiger charge is 2.01. The van der Waals surface area contributed by atoms with E-state index in [1.54, 1.807) is 12.3 Å². The van der Waals surface area contributed by atoms with Crippen molar-refractivity contribution in [3.63, 3.8) is 0 Å². The summed E-state index contributed by atoms with van der Waals surface area (Å²) >= 11 is 1.33. The van der Waals surface area contributed by atoms with Crippen molar-refractivity contribution in [2.75, 3.05) is 10.6 Å². The Hall–Kier alpha value is -1.03. The minimum absolute atomic E-state index is 0.662. The summed E-state index contributed by atoms with van der Waals surface area (Å²) in [4.78, 5) is 14.4. The van der Waals surface area contributed by atoms with Crippen molar-refractivity contribution in [1.29, 1.82) is 0 Å². The molecule has 4 heteroatoms. The first-order chi connectivity index (χ1) is 5.38. The van der Waals surface area contributed by atoms with E-state index < -0.39 is 0 Å². The predicted octanol–water partition coefficient (Wildman–Crippen LogP) is 1.32. The summed E-state index contributed by atoms with van der Waals surface area (Å²) in [5, 5.41) is 0. The van der Waals surface area contributed by atoms with Gasteiger partial charge in [-0.15, -0.1) is 0 Å².